The Labute approximate surface area is 150 Å². The third-order valence-corrected chi connectivity index (χ3v) is 3.93. The number of nitrogens with two attached hydrogens (primary N) is 1. The number of furan rings is 1. The molecule has 1 heterocycles. The first kappa shape index (κ1) is 17.7. The number of likely N-dealkylation sites (N-methyl/N-ethyl adjacent to an activating group) is 1. The number of hydrogen-bond donors (Lipinski definition) is 2. The summed E-state index contributed by atoms with van der Waals surface area (Å²) in [5.74, 6) is 1.25. The van der Waals surface area contributed by atoms with E-state index in [1.165, 1.54) is 5.01 Å². The smallest absolute Gasteiger partial charge is 0.187 e. The SMILES string of the molecule is CNCCN(/N=C/c1ccc(-c2ccc(Cl)c(Cl)c2)o1)C(N)=S. The van der Waals surface area contributed by atoms with Crippen LogP contribution in [-0.4, -0.2) is 36.5 Å². The van der Waals surface area contributed by atoms with Crippen molar-refractivity contribution in [3.05, 3.63) is 46.1 Å². The standard InChI is InChI=1S/C15H16Cl2N4OS/c1-19-6-7-21(15(18)23)20-9-11-3-5-14(22-11)10-2-4-12(16)13(17)8-10/h2-5,8-9,19H,6-7H2,1H3,(H2,18,23)/b20-9+. The first-order valence-electron chi connectivity index (χ1n) is 6.82. The minimum absolute atomic E-state index is 0.202. The zero-order valence-electron chi connectivity index (χ0n) is 12.4. The lowest BCUT2D eigenvalue weighted by Gasteiger charge is -2.15. The van der Waals surface area contributed by atoms with Crippen molar-refractivity contribution in [3.63, 3.8) is 0 Å². The molecule has 0 unspecified atom stereocenters. The molecule has 0 bridgehead atoms. The fourth-order valence-electron chi connectivity index (χ4n) is 1.80. The molecular formula is C15H16Cl2N4OS. The van der Waals surface area contributed by atoms with Gasteiger partial charge in [0, 0.05) is 12.1 Å². The Hall–Kier alpha value is -1.60. The van der Waals surface area contributed by atoms with E-state index in [4.69, 9.17) is 45.6 Å². The molecule has 8 heteroatoms. The van der Waals surface area contributed by atoms with E-state index in [1.54, 1.807) is 24.4 Å². The average molecular weight is 371 g/mol. The molecule has 3 N–H and O–H groups in total. The molecule has 0 aliphatic rings. The summed E-state index contributed by atoms with van der Waals surface area (Å²) in [5, 5.41) is 9.94. The summed E-state index contributed by atoms with van der Waals surface area (Å²) in [6.45, 7) is 1.28. The first-order valence-corrected chi connectivity index (χ1v) is 7.98. The van der Waals surface area contributed by atoms with Crippen LogP contribution in [0.15, 0.2) is 39.9 Å². The minimum Gasteiger partial charge on any atom is -0.455 e. The molecular weight excluding hydrogens is 355 g/mol. The molecule has 2 aromatic rings. The Morgan fingerprint density at radius 3 is 2.78 bits per heavy atom. The molecule has 0 fully saturated rings. The van der Waals surface area contributed by atoms with Crippen LogP contribution in [0.2, 0.25) is 10.0 Å². The van der Waals surface area contributed by atoms with Gasteiger partial charge in [0.05, 0.1) is 22.8 Å². The maximum absolute atomic E-state index is 6.02. The van der Waals surface area contributed by atoms with Gasteiger partial charge in [-0.25, -0.2) is 5.01 Å². The molecule has 23 heavy (non-hydrogen) atoms. The van der Waals surface area contributed by atoms with E-state index in [9.17, 15) is 0 Å². The number of thiocarbonyl (C=S) groups is 1. The zero-order chi connectivity index (χ0) is 16.8. The highest BCUT2D eigenvalue weighted by molar-refractivity contribution is 7.80. The highest BCUT2D eigenvalue weighted by Crippen LogP contribution is 2.29. The number of nitrogens with one attached hydrogen (secondary N) is 1. The highest BCUT2D eigenvalue weighted by Gasteiger charge is 2.07. The van der Waals surface area contributed by atoms with Crippen LogP contribution in [0.5, 0.6) is 0 Å². The van der Waals surface area contributed by atoms with Crippen molar-refractivity contribution in [2.45, 2.75) is 0 Å². The molecule has 5 nitrogen and oxygen atoms in total. The summed E-state index contributed by atoms with van der Waals surface area (Å²) < 4.78 is 5.72. The normalized spacial score (nSPS) is 11.1. The summed E-state index contributed by atoms with van der Waals surface area (Å²) in [4.78, 5) is 0. The largest absolute Gasteiger partial charge is 0.455 e. The molecule has 0 atom stereocenters. The van der Waals surface area contributed by atoms with E-state index < -0.39 is 0 Å². The van der Waals surface area contributed by atoms with Crippen LogP contribution in [0.1, 0.15) is 5.76 Å². The predicted octanol–water partition coefficient (Wildman–Crippen LogP) is 3.35. The maximum Gasteiger partial charge on any atom is 0.187 e. The van der Waals surface area contributed by atoms with Gasteiger partial charge < -0.3 is 15.5 Å². The number of hydrazone groups is 1. The third kappa shape index (κ3) is 4.94. The molecule has 0 spiro atoms. The Morgan fingerprint density at radius 1 is 1.35 bits per heavy atom. The molecule has 2 rings (SSSR count). The highest BCUT2D eigenvalue weighted by atomic mass is 35.5. The van der Waals surface area contributed by atoms with Gasteiger partial charge in [0.15, 0.2) is 5.11 Å². The lowest BCUT2D eigenvalue weighted by molar-refractivity contribution is 0.444. The third-order valence-electron chi connectivity index (χ3n) is 2.98. The van der Waals surface area contributed by atoms with E-state index in [1.807, 2.05) is 19.2 Å². The number of nitrogens with zero attached hydrogens (tertiary/aromatic N) is 2. The monoisotopic (exact) mass is 370 g/mol. The van der Waals surface area contributed by atoms with Crippen LogP contribution in [0.25, 0.3) is 11.3 Å². The van der Waals surface area contributed by atoms with Crippen LogP contribution >= 0.6 is 35.4 Å². The minimum atomic E-state index is 0.202. The number of benzene rings is 1. The second kappa shape index (κ2) is 8.31. The van der Waals surface area contributed by atoms with Crippen LogP contribution < -0.4 is 11.1 Å². The summed E-state index contributed by atoms with van der Waals surface area (Å²) in [7, 11) is 1.84. The second-order valence-electron chi connectivity index (χ2n) is 4.64. The predicted molar refractivity (Wildman–Crippen MR) is 99.2 cm³/mol. The van der Waals surface area contributed by atoms with Gasteiger partial charge in [0.2, 0.25) is 0 Å². The van der Waals surface area contributed by atoms with Crippen molar-refractivity contribution in [2.24, 2.45) is 10.8 Å². The van der Waals surface area contributed by atoms with Crippen molar-refractivity contribution >= 4 is 46.7 Å². The number of rotatable bonds is 6. The lowest BCUT2D eigenvalue weighted by atomic mass is 10.2. The van der Waals surface area contributed by atoms with E-state index in [2.05, 4.69) is 10.4 Å². The summed E-state index contributed by atoms with van der Waals surface area (Å²) in [6, 6.07) is 8.94. The van der Waals surface area contributed by atoms with Crippen molar-refractivity contribution in [3.8, 4) is 11.3 Å². The molecule has 0 saturated carbocycles. The molecule has 0 saturated heterocycles. The average Bonchev–Trinajstić information content (AvgIpc) is 2.98. The maximum atomic E-state index is 6.02. The molecule has 1 aromatic heterocycles. The van der Waals surface area contributed by atoms with Gasteiger partial charge in [-0.3, -0.25) is 0 Å². The van der Waals surface area contributed by atoms with Gasteiger partial charge in [-0.1, -0.05) is 23.2 Å². The van der Waals surface area contributed by atoms with Gasteiger partial charge in [-0.15, -0.1) is 0 Å². The lowest BCUT2D eigenvalue weighted by Crippen LogP contribution is -2.35. The summed E-state index contributed by atoms with van der Waals surface area (Å²) in [5.41, 5.74) is 6.46. The fourth-order valence-corrected chi connectivity index (χ4v) is 2.23. The Morgan fingerprint density at radius 2 is 2.13 bits per heavy atom. The Kier molecular flexibility index (Phi) is 6.41. The fraction of sp³-hybridized carbons (Fsp3) is 0.200. The van der Waals surface area contributed by atoms with Crippen molar-refractivity contribution in [2.75, 3.05) is 20.1 Å². The molecule has 0 radical (unpaired) electrons. The van der Waals surface area contributed by atoms with Crippen LogP contribution in [0.3, 0.4) is 0 Å². The summed E-state index contributed by atoms with van der Waals surface area (Å²) >= 11 is 16.9. The summed E-state index contributed by atoms with van der Waals surface area (Å²) in [6.07, 6.45) is 1.57. The van der Waals surface area contributed by atoms with Crippen LogP contribution in [0.4, 0.5) is 0 Å². The van der Waals surface area contributed by atoms with E-state index in [0.29, 0.717) is 34.7 Å². The first-order chi connectivity index (χ1) is 11.0. The topological polar surface area (TPSA) is 66.8 Å². The molecule has 122 valence electrons. The van der Waals surface area contributed by atoms with E-state index >= 15 is 0 Å². The molecule has 0 aliphatic carbocycles. The van der Waals surface area contributed by atoms with Gasteiger partial charge in [-0.05, 0) is 49.6 Å². The van der Waals surface area contributed by atoms with Crippen LogP contribution in [0, 0.1) is 0 Å². The molecule has 0 aliphatic heterocycles. The second-order valence-corrected chi connectivity index (χ2v) is 5.87. The van der Waals surface area contributed by atoms with Gasteiger partial charge >= 0.3 is 0 Å². The van der Waals surface area contributed by atoms with Crippen LogP contribution in [-0.2, 0) is 0 Å². The van der Waals surface area contributed by atoms with E-state index in [-0.39, 0.29) is 5.11 Å². The van der Waals surface area contributed by atoms with E-state index in [0.717, 1.165) is 5.56 Å². The van der Waals surface area contributed by atoms with Gasteiger partial charge in [0.1, 0.15) is 11.5 Å². The van der Waals surface area contributed by atoms with Gasteiger partial charge in [-0.2, -0.15) is 5.10 Å². The van der Waals surface area contributed by atoms with Crippen molar-refractivity contribution in [1.82, 2.24) is 10.3 Å². The van der Waals surface area contributed by atoms with Crippen molar-refractivity contribution in [1.29, 1.82) is 0 Å². The molecule has 1 aromatic carbocycles. The zero-order valence-corrected chi connectivity index (χ0v) is 14.8. The number of halogens is 2. The van der Waals surface area contributed by atoms with Crippen molar-refractivity contribution < 1.29 is 4.42 Å². The number of hydrogen-bond acceptors (Lipinski definition) is 4. The Bertz CT molecular complexity index is 717. The Balaban J connectivity index is 2.13. The quantitative estimate of drug-likeness (QED) is 0.463. The molecule has 0 amide bonds. The van der Waals surface area contributed by atoms with Gasteiger partial charge in [0.25, 0.3) is 0 Å².